The van der Waals surface area contributed by atoms with Crippen LogP contribution in [0.4, 0.5) is 5.82 Å². The molecule has 0 aliphatic carbocycles. The van der Waals surface area contributed by atoms with Gasteiger partial charge in [-0.3, -0.25) is 9.19 Å². The third-order valence-corrected chi connectivity index (χ3v) is 6.27. The van der Waals surface area contributed by atoms with Gasteiger partial charge < -0.3 is 4.90 Å². The number of fused-ring (bicyclic) bond motifs is 1. The molecule has 7 heteroatoms. The molecule has 1 aliphatic heterocycles. The van der Waals surface area contributed by atoms with Crippen LogP contribution in [0.1, 0.15) is 13.8 Å². The Morgan fingerprint density at radius 1 is 1.24 bits per heavy atom. The molecule has 2 heterocycles. The lowest BCUT2D eigenvalue weighted by atomic mass is 10.2. The van der Waals surface area contributed by atoms with Crippen molar-refractivity contribution >= 4 is 50.9 Å². The van der Waals surface area contributed by atoms with Crippen LogP contribution in [0.15, 0.2) is 18.3 Å². The van der Waals surface area contributed by atoms with E-state index in [0.717, 1.165) is 12.4 Å². The van der Waals surface area contributed by atoms with Crippen LogP contribution in [0.2, 0.25) is 10.0 Å². The maximum Gasteiger partial charge on any atom is 0.147 e. The molecule has 1 fully saturated rings. The number of anilines is 1. The number of halogens is 2. The van der Waals surface area contributed by atoms with Crippen LogP contribution in [-0.4, -0.2) is 37.8 Å². The molecule has 1 atom stereocenters. The molecule has 1 aromatic heterocycles. The molecule has 0 saturated carbocycles. The highest BCUT2D eigenvalue weighted by atomic mass is 35.5. The van der Waals surface area contributed by atoms with Gasteiger partial charge in [-0.2, -0.15) is 0 Å². The van der Waals surface area contributed by atoms with Gasteiger partial charge >= 0.3 is 0 Å². The van der Waals surface area contributed by atoms with Crippen molar-refractivity contribution in [2.24, 2.45) is 0 Å². The molecule has 1 saturated heterocycles. The van der Waals surface area contributed by atoms with E-state index >= 15 is 0 Å². The minimum Gasteiger partial charge on any atom is -0.353 e. The predicted molar refractivity (Wildman–Crippen MR) is 88.9 cm³/mol. The minimum atomic E-state index is -0.807. The summed E-state index contributed by atoms with van der Waals surface area (Å²) in [5.74, 6) is 1.43. The lowest BCUT2D eigenvalue weighted by Gasteiger charge is -2.37. The fourth-order valence-corrected chi connectivity index (χ4v) is 3.98. The number of rotatable bonds is 1. The van der Waals surface area contributed by atoms with Crippen molar-refractivity contribution in [1.29, 1.82) is 0 Å². The summed E-state index contributed by atoms with van der Waals surface area (Å²) in [5, 5.41) is 0.941. The van der Waals surface area contributed by atoms with Gasteiger partial charge in [-0.25, -0.2) is 4.98 Å². The average molecular weight is 344 g/mol. The second-order valence-electron chi connectivity index (χ2n) is 5.71. The predicted octanol–water partition coefficient (Wildman–Crippen LogP) is 3.28. The van der Waals surface area contributed by atoms with E-state index in [1.54, 1.807) is 18.3 Å². The van der Waals surface area contributed by atoms with Crippen LogP contribution < -0.4 is 4.90 Å². The van der Waals surface area contributed by atoms with Gasteiger partial charge in [0.15, 0.2) is 0 Å². The zero-order chi connectivity index (χ0) is 15.2. The summed E-state index contributed by atoms with van der Waals surface area (Å²) in [7, 11) is -0.807. The monoisotopic (exact) mass is 343 g/mol. The number of aromatic nitrogens is 2. The number of hydrogen-bond donors (Lipinski definition) is 0. The molecule has 1 aromatic carbocycles. The summed E-state index contributed by atoms with van der Waals surface area (Å²) in [6.07, 6.45) is 1.73. The molecule has 112 valence electrons. The van der Waals surface area contributed by atoms with Gasteiger partial charge in [0.1, 0.15) is 5.82 Å². The summed E-state index contributed by atoms with van der Waals surface area (Å²) in [5.41, 5.74) is 1.43. The quantitative estimate of drug-likeness (QED) is 0.797. The molecule has 0 spiro atoms. The van der Waals surface area contributed by atoms with Crippen LogP contribution in [0.3, 0.4) is 0 Å². The minimum absolute atomic E-state index is 0.244. The first-order valence-corrected chi connectivity index (χ1v) is 8.69. The molecule has 4 nitrogen and oxygen atoms in total. The molecule has 1 aliphatic rings. The molecule has 3 rings (SSSR count). The van der Waals surface area contributed by atoms with Crippen LogP contribution in [0.5, 0.6) is 0 Å². The average Bonchev–Trinajstić information content (AvgIpc) is 2.42. The fraction of sp³-hybridized carbons (Fsp3) is 0.429. The van der Waals surface area contributed by atoms with Gasteiger partial charge in [-0.1, -0.05) is 23.2 Å². The standard InChI is InChI=1S/C14H15Cl2N3OS/c1-14(2)8-19(3-4-21(14)20)13-7-17-11-5-9(15)10(16)6-12(11)18-13/h5-7H,3-4,8H2,1-2H3. The molecular weight excluding hydrogens is 329 g/mol. The van der Waals surface area contributed by atoms with E-state index in [-0.39, 0.29) is 4.75 Å². The van der Waals surface area contributed by atoms with Gasteiger partial charge in [-0.15, -0.1) is 0 Å². The third-order valence-electron chi connectivity index (χ3n) is 3.63. The molecule has 0 radical (unpaired) electrons. The summed E-state index contributed by atoms with van der Waals surface area (Å²) < 4.78 is 11.8. The summed E-state index contributed by atoms with van der Waals surface area (Å²) in [6.45, 7) is 5.44. The van der Waals surface area contributed by atoms with Crippen LogP contribution >= 0.6 is 23.2 Å². The second kappa shape index (κ2) is 5.38. The van der Waals surface area contributed by atoms with Crippen LogP contribution in [0.25, 0.3) is 11.0 Å². The largest absolute Gasteiger partial charge is 0.353 e. The SMILES string of the molecule is CC1(C)CN(c2cnc3cc(Cl)c(Cl)cc3n2)CCS1=O. The Balaban J connectivity index is 1.98. The van der Waals surface area contributed by atoms with E-state index in [1.807, 2.05) is 13.8 Å². The van der Waals surface area contributed by atoms with Crippen LogP contribution in [0, 0.1) is 0 Å². The smallest absolute Gasteiger partial charge is 0.147 e. The first-order valence-electron chi connectivity index (χ1n) is 6.62. The summed E-state index contributed by atoms with van der Waals surface area (Å²) in [4.78, 5) is 11.1. The van der Waals surface area contributed by atoms with E-state index in [1.165, 1.54) is 0 Å². The summed E-state index contributed by atoms with van der Waals surface area (Å²) >= 11 is 12.0. The molecule has 0 amide bonds. The van der Waals surface area contributed by atoms with E-state index in [4.69, 9.17) is 23.2 Å². The summed E-state index contributed by atoms with van der Waals surface area (Å²) in [6, 6.07) is 3.44. The topological polar surface area (TPSA) is 46.1 Å². The zero-order valence-corrected chi connectivity index (χ0v) is 14.1. The first-order chi connectivity index (χ1) is 9.87. The van der Waals surface area contributed by atoms with Crippen molar-refractivity contribution in [3.63, 3.8) is 0 Å². The molecule has 2 aromatic rings. The van der Waals surface area contributed by atoms with Crippen molar-refractivity contribution in [1.82, 2.24) is 9.97 Å². The Morgan fingerprint density at radius 2 is 1.90 bits per heavy atom. The molecule has 0 N–H and O–H groups in total. The molecule has 0 bridgehead atoms. The van der Waals surface area contributed by atoms with Crippen LogP contribution in [-0.2, 0) is 10.8 Å². The molecule has 1 unspecified atom stereocenters. The Bertz CT molecular complexity index is 735. The maximum atomic E-state index is 12.0. The van der Waals surface area contributed by atoms with E-state index in [0.29, 0.717) is 33.4 Å². The lowest BCUT2D eigenvalue weighted by Crippen LogP contribution is -2.50. The van der Waals surface area contributed by atoms with Gasteiger partial charge in [0, 0.05) is 29.6 Å². The van der Waals surface area contributed by atoms with Crippen molar-refractivity contribution < 1.29 is 4.21 Å². The van der Waals surface area contributed by atoms with Gasteiger partial charge in [0.05, 0.1) is 32.0 Å². The number of hydrogen-bond acceptors (Lipinski definition) is 4. The lowest BCUT2D eigenvalue weighted by molar-refractivity contribution is 0.586. The van der Waals surface area contributed by atoms with E-state index in [2.05, 4.69) is 14.9 Å². The normalized spacial score (nSPS) is 21.7. The highest BCUT2D eigenvalue weighted by Crippen LogP contribution is 2.28. The Hall–Kier alpha value is -0.910. The Morgan fingerprint density at radius 3 is 2.57 bits per heavy atom. The second-order valence-corrected chi connectivity index (χ2v) is 8.73. The Labute approximate surface area is 135 Å². The van der Waals surface area contributed by atoms with Gasteiger partial charge in [0.25, 0.3) is 0 Å². The molecule has 21 heavy (non-hydrogen) atoms. The Kier molecular flexibility index (Phi) is 3.84. The van der Waals surface area contributed by atoms with Gasteiger partial charge in [-0.05, 0) is 26.0 Å². The maximum absolute atomic E-state index is 12.0. The van der Waals surface area contributed by atoms with Gasteiger partial charge in [0.2, 0.25) is 0 Å². The van der Waals surface area contributed by atoms with Crippen molar-refractivity contribution in [2.45, 2.75) is 18.6 Å². The number of benzene rings is 1. The van der Waals surface area contributed by atoms with E-state index in [9.17, 15) is 4.21 Å². The van der Waals surface area contributed by atoms with Crippen molar-refractivity contribution in [3.05, 3.63) is 28.4 Å². The highest BCUT2D eigenvalue weighted by Gasteiger charge is 2.33. The highest BCUT2D eigenvalue weighted by molar-refractivity contribution is 7.86. The third kappa shape index (κ3) is 2.87. The van der Waals surface area contributed by atoms with E-state index < -0.39 is 10.8 Å². The van der Waals surface area contributed by atoms with Crippen molar-refractivity contribution in [2.75, 3.05) is 23.7 Å². The van der Waals surface area contributed by atoms with Crippen molar-refractivity contribution in [3.8, 4) is 0 Å². The first kappa shape index (κ1) is 15.0. The fourth-order valence-electron chi connectivity index (χ4n) is 2.43. The number of nitrogens with zero attached hydrogens (tertiary/aromatic N) is 3. The molecular formula is C14H15Cl2N3OS. The zero-order valence-electron chi connectivity index (χ0n) is 11.8.